The highest BCUT2D eigenvalue weighted by atomic mass is 32.1. The Bertz CT molecular complexity index is 363. The molecule has 0 aliphatic heterocycles. The maximum absolute atomic E-state index is 9.42. The minimum atomic E-state index is 0.103. The summed E-state index contributed by atoms with van der Waals surface area (Å²) in [6.07, 6.45) is 1.19. The van der Waals surface area contributed by atoms with Gasteiger partial charge in [-0.25, -0.2) is 4.98 Å². The zero-order valence-electron chi connectivity index (χ0n) is 12.2. The van der Waals surface area contributed by atoms with Crippen molar-refractivity contribution in [2.45, 2.75) is 53.6 Å². The molecule has 0 aliphatic rings. The SMILES string of the molecule is CCC(C)CN(CC)c1nc(C(C)C)c(CO)s1. The summed E-state index contributed by atoms with van der Waals surface area (Å²) in [5, 5.41) is 10.5. The Balaban J connectivity index is 2.92. The summed E-state index contributed by atoms with van der Waals surface area (Å²) in [6, 6.07) is 0. The molecule has 4 heteroatoms. The molecule has 1 aromatic heterocycles. The molecule has 0 aromatic carbocycles. The number of hydrogen-bond acceptors (Lipinski definition) is 4. The maximum Gasteiger partial charge on any atom is 0.185 e. The van der Waals surface area contributed by atoms with Gasteiger partial charge in [0.25, 0.3) is 0 Å². The third-order valence-electron chi connectivity index (χ3n) is 3.29. The van der Waals surface area contributed by atoms with E-state index in [1.807, 2.05) is 0 Å². The average molecular weight is 270 g/mol. The highest BCUT2D eigenvalue weighted by Gasteiger charge is 2.18. The third kappa shape index (κ3) is 3.69. The van der Waals surface area contributed by atoms with Gasteiger partial charge in [0, 0.05) is 13.1 Å². The number of hydrogen-bond donors (Lipinski definition) is 1. The van der Waals surface area contributed by atoms with Crippen LogP contribution in [0.3, 0.4) is 0 Å². The van der Waals surface area contributed by atoms with Crippen LogP contribution in [0.25, 0.3) is 0 Å². The van der Waals surface area contributed by atoms with E-state index in [1.165, 1.54) is 6.42 Å². The van der Waals surface area contributed by atoms with E-state index in [9.17, 15) is 5.11 Å². The summed E-state index contributed by atoms with van der Waals surface area (Å²) in [5.41, 5.74) is 1.06. The number of rotatable bonds is 7. The molecule has 1 unspecified atom stereocenters. The van der Waals surface area contributed by atoms with Crippen LogP contribution in [0.5, 0.6) is 0 Å². The van der Waals surface area contributed by atoms with Gasteiger partial charge in [-0.2, -0.15) is 0 Å². The summed E-state index contributed by atoms with van der Waals surface area (Å²) in [6.45, 7) is 13.0. The Kier molecular flexibility index (Phi) is 6.09. The van der Waals surface area contributed by atoms with Gasteiger partial charge < -0.3 is 10.0 Å². The Morgan fingerprint density at radius 1 is 1.28 bits per heavy atom. The summed E-state index contributed by atoms with van der Waals surface area (Å²) < 4.78 is 0. The Morgan fingerprint density at radius 2 is 1.94 bits per heavy atom. The van der Waals surface area contributed by atoms with Crippen LogP contribution in [0.15, 0.2) is 0 Å². The van der Waals surface area contributed by atoms with E-state index in [-0.39, 0.29) is 6.61 Å². The minimum absolute atomic E-state index is 0.103. The normalized spacial score (nSPS) is 13.1. The van der Waals surface area contributed by atoms with E-state index in [0.29, 0.717) is 11.8 Å². The van der Waals surface area contributed by atoms with Crippen LogP contribution in [-0.4, -0.2) is 23.2 Å². The quantitative estimate of drug-likeness (QED) is 0.822. The molecule has 1 aromatic rings. The van der Waals surface area contributed by atoms with Crippen LogP contribution in [0.4, 0.5) is 5.13 Å². The van der Waals surface area contributed by atoms with Crippen molar-refractivity contribution in [2.24, 2.45) is 5.92 Å². The van der Waals surface area contributed by atoms with Gasteiger partial charge in [0.2, 0.25) is 0 Å². The Hall–Kier alpha value is -0.610. The summed E-state index contributed by atoms with van der Waals surface area (Å²) >= 11 is 1.64. The Labute approximate surface area is 115 Å². The summed E-state index contributed by atoms with van der Waals surface area (Å²) in [5.74, 6) is 1.05. The molecule has 0 bridgehead atoms. The molecule has 0 saturated carbocycles. The van der Waals surface area contributed by atoms with E-state index >= 15 is 0 Å². The van der Waals surface area contributed by atoms with Crippen molar-refractivity contribution < 1.29 is 5.11 Å². The number of aromatic nitrogens is 1. The van der Waals surface area contributed by atoms with Crippen LogP contribution in [0.1, 0.15) is 57.5 Å². The van der Waals surface area contributed by atoms with Crippen molar-refractivity contribution in [1.29, 1.82) is 0 Å². The fourth-order valence-corrected chi connectivity index (χ4v) is 3.05. The first-order valence-corrected chi connectivity index (χ1v) is 7.70. The molecule has 1 N–H and O–H groups in total. The van der Waals surface area contributed by atoms with Crippen molar-refractivity contribution in [3.05, 3.63) is 10.6 Å². The lowest BCUT2D eigenvalue weighted by molar-refractivity contribution is 0.283. The molecule has 0 saturated heterocycles. The maximum atomic E-state index is 9.42. The Morgan fingerprint density at radius 3 is 2.33 bits per heavy atom. The lowest BCUT2D eigenvalue weighted by atomic mass is 10.1. The van der Waals surface area contributed by atoms with E-state index in [1.54, 1.807) is 11.3 Å². The molecule has 0 radical (unpaired) electrons. The fourth-order valence-electron chi connectivity index (χ4n) is 1.90. The molecular formula is C14H26N2OS. The molecule has 1 atom stereocenters. The predicted molar refractivity (Wildman–Crippen MR) is 79.5 cm³/mol. The van der Waals surface area contributed by atoms with Crippen LogP contribution in [0.2, 0.25) is 0 Å². The van der Waals surface area contributed by atoms with Crippen LogP contribution in [0, 0.1) is 5.92 Å². The second-order valence-corrected chi connectivity index (χ2v) is 6.23. The first-order chi connectivity index (χ1) is 8.53. The number of aliphatic hydroxyl groups excluding tert-OH is 1. The van der Waals surface area contributed by atoms with Crippen molar-refractivity contribution in [2.75, 3.05) is 18.0 Å². The highest BCUT2D eigenvalue weighted by Crippen LogP contribution is 2.31. The first-order valence-electron chi connectivity index (χ1n) is 6.88. The lowest BCUT2D eigenvalue weighted by Crippen LogP contribution is -2.27. The largest absolute Gasteiger partial charge is 0.391 e. The number of aliphatic hydroxyl groups is 1. The molecule has 3 nitrogen and oxygen atoms in total. The molecule has 104 valence electrons. The number of thiazole rings is 1. The molecule has 0 amide bonds. The third-order valence-corrected chi connectivity index (χ3v) is 4.40. The standard InChI is InChI=1S/C14H26N2OS/c1-6-11(5)8-16(7-2)14-15-13(10(3)4)12(9-17)18-14/h10-11,17H,6-9H2,1-5H3. The summed E-state index contributed by atoms with van der Waals surface area (Å²) in [7, 11) is 0. The van der Waals surface area contributed by atoms with Crippen molar-refractivity contribution in [3.8, 4) is 0 Å². The van der Waals surface area contributed by atoms with Gasteiger partial charge in [0.15, 0.2) is 5.13 Å². The van der Waals surface area contributed by atoms with Gasteiger partial charge in [-0.15, -0.1) is 0 Å². The zero-order chi connectivity index (χ0) is 13.7. The second kappa shape index (κ2) is 7.10. The molecule has 1 heterocycles. The van der Waals surface area contributed by atoms with Gasteiger partial charge in [0.05, 0.1) is 17.2 Å². The molecule has 1 rings (SSSR count). The lowest BCUT2D eigenvalue weighted by Gasteiger charge is -2.23. The molecule has 0 fully saturated rings. The topological polar surface area (TPSA) is 36.4 Å². The van der Waals surface area contributed by atoms with Gasteiger partial charge in [0.1, 0.15) is 0 Å². The average Bonchev–Trinajstić information content (AvgIpc) is 2.79. The number of anilines is 1. The van der Waals surface area contributed by atoms with Crippen LogP contribution < -0.4 is 4.90 Å². The van der Waals surface area contributed by atoms with E-state index in [2.05, 4.69) is 39.5 Å². The van der Waals surface area contributed by atoms with Crippen molar-refractivity contribution in [1.82, 2.24) is 4.98 Å². The second-order valence-electron chi connectivity index (χ2n) is 5.17. The van der Waals surface area contributed by atoms with E-state index in [0.717, 1.165) is 28.8 Å². The van der Waals surface area contributed by atoms with Gasteiger partial charge in [-0.1, -0.05) is 45.5 Å². The first kappa shape index (κ1) is 15.4. The van der Waals surface area contributed by atoms with Gasteiger partial charge in [-0.3, -0.25) is 0 Å². The number of nitrogens with zero attached hydrogens (tertiary/aromatic N) is 2. The smallest absolute Gasteiger partial charge is 0.185 e. The van der Waals surface area contributed by atoms with Crippen LogP contribution in [-0.2, 0) is 6.61 Å². The van der Waals surface area contributed by atoms with Gasteiger partial charge >= 0.3 is 0 Å². The molecular weight excluding hydrogens is 244 g/mol. The highest BCUT2D eigenvalue weighted by molar-refractivity contribution is 7.15. The van der Waals surface area contributed by atoms with Crippen molar-refractivity contribution >= 4 is 16.5 Å². The van der Waals surface area contributed by atoms with E-state index in [4.69, 9.17) is 4.98 Å². The monoisotopic (exact) mass is 270 g/mol. The molecule has 0 spiro atoms. The zero-order valence-corrected chi connectivity index (χ0v) is 13.0. The van der Waals surface area contributed by atoms with Gasteiger partial charge in [-0.05, 0) is 18.8 Å². The predicted octanol–water partition coefficient (Wildman–Crippen LogP) is 3.63. The molecule has 0 aliphatic carbocycles. The fraction of sp³-hybridized carbons (Fsp3) is 0.786. The van der Waals surface area contributed by atoms with Crippen LogP contribution >= 0.6 is 11.3 Å². The summed E-state index contributed by atoms with van der Waals surface area (Å²) in [4.78, 5) is 8.06. The van der Waals surface area contributed by atoms with Crippen molar-refractivity contribution in [3.63, 3.8) is 0 Å². The van der Waals surface area contributed by atoms with E-state index < -0.39 is 0 Å². The minimum Gasteiger partial charge on any atom is -0.391 e. The molecule has 18 heavy (non-hydrogen) atoms.